The second kappa shape index (κ2) is 9.80. The van der Waals surface area contributed by atoms with E-state index in [4.69, 9.17) is 4.98 Å². The maximum absolute atomic E-state index is 15.2. The molecule has 1 spiro atoms. The van der Waals surface area contributed by atoms with Gasteiger partial charge in [-0.05, 0) is 51.3 Å². The van der Waals surface area contributed by atoms with Crippen molar-refractivity contribution < 1.29 is 14.0 Å². The highest BCUT2D eigenvalue weighted by molar-refractivity contribution is 6.14. The Morgan fingerprint density at radius 3 is 2.55 bits per heavy atom. The number of halogens is 1. The molecule has 1 saturated carbocycles. The minimum Gasteiger partial charge on any atom is -0.369 e. The number of benzene rings is 1. The molecule has 1 atom stereocenters. The van der Waals surface area contributed by atoms with Gasteiger partial charge in [-0.1, -0.05) is 12.8 Å². The quantitative estimate of drug-likeness (QED) is 0.584. The van der Waals surface area contributed by atoms with Crippen LogP contribution in [0.1, 0.15) is 51.5 Å². The molecule has 4 aliphatic rings. The topological polar surface area (TPSA) is 93.7 Å². The molecule has 38 heavy (non-hydrogen) atoms. The number of amides is 2. The van der Waals surface area contributed by atoms with Gasteiger partial charge in [0.1, 0.15) is 17.1 Å². The van der Waals surface area contributed by atoms with E-state index in [0.29, 0.717) is 31.2 Å². The molecule has 2 aromatic rings. The number of hydrogen-bond donors (Lipinski definition) is 2. The molecular weight excluding hydrogens is 485 g/mol. The maximum Gasteiger partial charge on any atom is 0.244 e. The summed E-state index contributed by atoms with van der Waals surface area (Å²) >= 11 is 0. The fraction of sp³-hybridized carbons (Fsp3) is 0.571. The van der Waals surface area contributed by atoms with Crippen LogP contribution in [0.15, 0.2) is 24.4 Å². The van der Waals surface area contributed by atoms with Crippen molar-refractivity contribution in [3.63, 3.8) is 0 Å². The molecule has 1 unspecified atom stereocenters. The average molecular weight is 522 g/mol. The van der Waals surface area contributed by atoms with Gasteiger partial charge in [-0.2, -0.15) is 4.98 Å². The van der Waals surface area contributed by atoms with Crippen molar-refractivity contribution in [1.82, 2.24) is 20.2 Å². The summed E-state index contributed by atoms with van der Waals surface area (Å²) in [5.41, 5.74) is 0.864. The van der Waals surface area contributed by atoms with Gasteiger partial charge in [0.15, 0.2) is 0 Å². The second-order valence-electron chi connectivity index (χ2n) is 11.3. The van der Waals surface area contributed by atoms with E-state index in [-0.39, 0.29) is 35.3 Å². The average Bonchev–Trinajstić information content (AvgIpc) is 3.57. The summed E-state index contributed by atoms with van der Waals surface area (Å²) < 4.78 is 15.2. The Kier molecular flexibility index (Phi) is 6.45. The Morgan fingerprint density at radius 2 is 1.89 bits per heavy atom. The van der Waals surface area contributed by atoms with Crippen LogP contribution >= 0.6 is 0 Å². The molecule has 3 aliphatic heterocycles. The van der Waals surface area contributed by atoms with E-state index in [1.807, 2.05) is 6.07 Å². The third kappa shape index (κ3) is 4.28. The van der Waals surface area contributed by atoms with Crippen LogP contribution in [0.25, 0.3) is 0 Å². The molecular formula is C28H36FN7O2. The zero-order chi connectivity index (χ0) is 26.4. The standard InChI is InChI=1S/C28H36FN7O2/c1-18(2)34-11-13-35(14-12-34)21-7-8-23(22(29)15-21)32-27-31-17-19-16-28(9-10-30-25(28)37)26(38)36(24(19)33-27)20-5-3-4-6-20/h7-8,15,17-18,20H,3-6,9-14,16H2,1-2H3,(H,30,37)(H,31,32,33). The van der Waals surface area contributed by atoms with Crippen LogP contribution in [-0.2, 0) is 16.0 Å². The number of carbonyl (C=O) groups is 2. The minimum atomic E-state index is -1.07. The van der Waals surface area contributed by atoms with E-state index >= 15 is 4.39 Å². The lowest BCUT2D eigenvalue weighted by molar-refractivity contribution is -0.140. The van der Waals surface area contributed by atoms with Crippen LogP contribution in [0.5, 0.6) is 0 Å². The summed E-state index contributed by atoms with van der Waals surface area (Å²) in [6.07, 6.45) is 6.33. The molecule has 10 heteroatoms. The van der Waals surface area contributed by atoms with Crippen molar-refractivity contribution in [2.24, 2.45) is 5.41 Å². The van der Waals surface area contributed by atoms with Gasteiger partial charge in [0.2, 0.25) is 17.8 Å². The van der Waals surface area contributed by atoms with Gasteiger partial charge < -0.3 is 15.5 Å². The molecule has 6 rings (SSSR count). The van der Waals surface area contributed by atoms with Gasteiger partial charge in [0.05, 0.1) is 5.69 Å². The summed E-state index contributed by atoms with van der Waals surface area (Å²) in [4.78, 5) is 42.2. The molecule has 0 radical (unpaired) electrons. The van der Waals surface area contributed by atoms with Gasteiger partial charge >= 0.3 is 0 Å². The van der Waals surface area contributed by atoms with E-state index in [2.05, 4.69) is 39.3 Å². The van der Waals surface area contributed by atoms with Gasteiger partial charge in [0, 0.05) is 68.7 Å². The molecule has 202 valence electrons. The lowest BCUT2D eigenvalue weighted by atomic mass is 9.76. The Labute approximate surface area is 222 Å². The number of aromatic nitrogens is 2. The number of nitrogens with one attached hydrogen (secondary N) is 2. The van der Waals surface area contributed by atoms with Crippen LogP contribution in [0.4, 0.5) is 27.5 Å². The third-order valence-electron chi connectivity index (χ3n) is 8.76. The van der Waals surface area contributed by atoms with E-state index in [1.54, 1.807) is 23.2 Å². The molecule has 0 bridgehead atoms. The number of fused-ring (bicyclic) bond motifs is 1. The zero-order valence-corrected chi connectivity index (χ0v) is 22.2. The minimum absolute atomic E-state index is 0.0155. The lowest BCUT2D eigenvalue weighted by Gasteiger charge is -2.40. The van der Waals surface area contributed by atoms with Crippen molar-refractivity contribution >= 4 is 35.0 Å². The summed E-state index contributed by atoms with van der Waals surface area (Å²) in [7, 11) is 0. The monoisotopic (exact) mass is 521 g/mol. The summed E-state index contributed by atoms with van der Waals surface area (Å²) in [6, 6.07) is 5.73. The third-order valence-corrected chi connectivity index (χ3v) is 8.76. The van der Waals surface area contributed by atoms with Gasteiger partial charge in [-0.15, -0.1) is 0 Å². The van der Waals surface area contributed by atoms with Crippen molar-refractivity contribution in [1.29, 1.82) is 0 Å². The fourth-order valence-corrected chi connectivity index (χ4v) is 6.48. The van der Waals surface area contributed by atoms with Crippen LogP contribution in [0.3, 0.4) is 0 Å². The first kappa shape index (κ1) is 25.0. The van der Waals surface area contributed by atoms with Gasteiger partial charge in [0.25, 0.3) is 0 Å². The second-order valence-corrected chi connectivity index (χ2v) is 11.3. The molecule has 1 aromatic carbocycles. The van der Waals surface area contributed by atoms with Crippen LogP contribution in [0, 0.1) is 11.2 Å². The molecule has 4 heterocycles. The predicted octanol–water partition coefficient (Wildman–Crippen LogP) is 3.23. The molecule has 9 nitrogen and oxygen atoms in total. The Morgan fingerprint density at radius 1 is 1.13 bits per heavy atom. The summed E-state index contributed by atoms with van der Waals surface area (Å²) in [5, 5.41) is 5.88. The van der Waals surface area contributed by atoms with Crippen LogP contribution < -0.4 is 20.4 Å². The Hall–Kier alpha value is -3.27. The van der Waals surface area contributed by atoms with Crippen molar-refractivity contribution in [2.45, 2.75) is 64.5 Å². The molecule has 1 aliphatic carbocycles. The number of piperazine rings is 1. The van der Waals surface area contributed by atoms with E-state index in [9.17, 15) is 9.59 Å². The first-order chi connectivity index (χ1) is 18.4. The summed E-state index contributed by atoms with van der Waals surface area (Å²) in [6.45, 7) is 8.55. The number of rotatable bonds is 5. The number of hydrogen-bond acceptors (Lipinski definition) is 7. The first-order valence-electron chi connectivity index (χ1n) is 13.9. The fourth-order valence-electron chi connectivity index (χ4n) is 6.48. The Bertz CT molecular complexity index is 1240. The van der Waals surface area contributed by atoms with E-state index in [1.165, 1.54) is 0 Å². The van der Waals surface area contributed by atoms with Gasteiger partial charge in [-0.3, -0.25) is 19.4 Å². The highest BCUT2D eigenvalue weighted by Crippen LogP contribution is 2.44. The maximum atomic E-state index is 15.2. The van der Waals surface area contributed by atoms with Crippen molar-refractivity contribution in [3.8, 4) is 0 Å². The lowest BCUT2D eigenvalue weighted by Crippen LogP contribution is -2.56. The van der Waals surface area contributed by atoms with Crippen molar-refractivity contribution in [3.05, 3.63) is 35.8 Å². The molecule has 1 aromatic heterocycles. The highest BCUT2D eigenvalue weighted by atomic mass is 19.1. The Balaban J connectivity index is 1.24. The largest absolute Gasteiger partial charge is 0.369 e. The molecule has 3 fully saturated rings. The number of nitrogens with zero attached hydrogens (tertiary/aromatic N) is 5. The van der Waals surface area contributed by atoms with E-state index in [0.717, 1.165) is 63.1 Å². The smallest absolute Gasteiger partial charge is 0.244 e. The predicted molar refractivity (Wildman–Crippen MR) is 144 cm³/mol. The first-order valence-corrected chi connectivity index (χ1v) is 13.9. The van der Waals surface area contributed by atoms with Gasteiger partial charge in [-0.25, -0.2) is 9.37 Å². The highest BCUT2D eigenvalue weighted by Gasteiger charge is 2.56. The van der Waals surface area contributed by atoms with Crippen molar-refractivity contribution in [2.75, 3.05) is 47.8 Å². The molecule has 2 N–H and O–H groups in total. The van der Waals surface area contributed by atoms with E-state index < -0.39 is 5.41 Å². The zero-order valence-electron chi connectivity index (χ0n) is 22.2. The molecule has 2 amide bonds. The number of anilines is 4. The normalized spacial score (nSPS) is 24.4. The number of carbonyl (C=O) groups excluding carboxylic acids is 2. The van der Waals surface area contributed by atoms with Crippen LogP contribution in [0.2, 0.25) is 0 Å². The SMILES string of the molecule is CC(C)N1CCN(c2ccc(Nc3ncc4c(n3)N(C3CCCC3)C(=O)C3(CCNC3=O)C4)c(F)c2)CC1. The molecule has 2 saturated heterocycles. The van der Waals surface area contributed by atoms with Crippen LogP contribution in [-0.4, -0.2) is 71.5 Å². The summed E-state index contributed by atoms with van der Waals surface area (Å²) in [5.74, 6) is 0.0459.